The molecule has 0 amide bonds. The molecule has 0 fully saturated rings. The summed E-state index contributed by atoms with van der Waals surface area (Å²) in [7, 11) is 0. The highest BCUT2D eigenvalue weighted by Gasteiger charge is 2.13. The number of benzene rings is 1. The fourth-order valence-corrected chi connectivity index (χ4v) is 2.24. The normalized spacial score (nSPS) is 11.9. The van der Waals surface area contributed by atoms with E-state index in [4.69, 9.17) is 15.2 Å². The Morgan fingerprint density at radius 1 is 1.32 bits per heavy atom. The van der Waals surface area contributed by atoms with Crippen LogP contribution in [0.1, 0.15) is 13.3 Å². The van der Waals surface area contributed by atoms with Crippen molar-refractivity contribution in [1.29, 1.82) is 0 Å². The second-order valence-corrected chi connectivity index (χ2v) is 5.15. The number of carbonyl (C=O) groups is 1. The summed E-state index contributed by atoms with van der Waals surface area (Å²) in [6, 6.07) is 9.20. The highest BCUT2D eigenvalue weighted by molar-refractivity contribution is 7.99. The molecule has 1 unspecified atom stereocenters. The molecule has 1 aromatic rings. The van der Waals surface area contributed by atoms with Crippen molar-refractivity contribution in [1.82, 2.24) is 0 Å². The van der Waals surface area contributed by atoms with Gasteiger partial charge in [0.2, 0.25) is 0 Å². The van der Waals surface area contributed by atoms with E-state index < -0.39 is 6.04 Å². The van der Waals surface area contributed by atoms with Crippen LogP contribution in [-0.4, -0.2) is 36.7 Å². The van der Waals surface area contributed by atoms with E-state index >= 15 is 0 Å². The molecular formula is C14H21NO3S. The predicted molar refractivity (Wildman–Crippen MR) is 78.5 cm³/mol. The first-order valence-corrected chi connectivity index (χ1v) is 7.57. The standard InChI is InChI=1S/C14H21NO3S/c1-2-17-14(16)13(15)8-10-19-11-9-18-12-6-4-3-5-7-12/h3-7,13H,2,8-11,15H2,1H3. The first-order valence-electron chi connectivity index (χ1n) is 6.42. The third-order valence-corrected chi connectivity index (χ3v) is 3.38. The zero-order valence-electron chi connectivity index (χ0n) is 11.2. The molecule has 0 saturated carbocycles. The monoisotopic (exact) mass is 283 g/mol. The Balaban J connectivity index is 2.01. The van der Waals surface area contributed by atoms with Crippen LogP contribution in [-0.2, 0) is 9.53 Å². The van der Waals surface area contributed by atoms with E-state index in [0.29, 0.717) is 19.6 Å². The van der Waals surface area contributed by atoms with Gasteiger partial charge in [0.25, 0.3) is 0 Å². The number of carbonyl (C=O) groups excluding carboxylic acids is 1. The van der Waals surface area contributed by atoms with E-state index in [1.807, 2.05) is 30.3 Å². The molecule has 1 rings (SSSR count). The smallest absolute Gasteiger partial charge is 0.322 e. The largest absolute Gasteiger partial charge is 0.493 e. The van der Waals surface area contributed by atoms with E-state index in [2.05, 4.69) is 0 Å². The van der Waals surface area contributed by atoms with Gasteiger partial charge in [0.05, 0.1) is 13.2 Å². The van der Waals surface area contributed by atoms with Gasteiger partial charge < -0.3 is 15.2 Å². The molecule has 4 nitrogen and oxygen atoms in total. The number of nitrogens with two attached hydrogens (primary N) is 1. The van der Waals surface area contributed by atoms with E-state index in [1.54, 1.807) is 18.7 Å². The SMILES string of the molecule is CCOC(=O)C(N)CCSCCOc1ccccc1. The number of para-hydroxylation sites is 1. The molecule has 19 heavy (non-hydrogen) atoms. The van der Waals surface area contributed by atoms with Crippen molar-refractivity contribution >= 4 is 17.7 Å². The predicted octanol–water partition coefficient (Wildman–Crippen LogP) is 2.08. The summed E-state index contributed by atoms with van der Waals surface area (Å²) in [5, 5.41) is 0. The average Bonchev–Trinajstić information content (AvgIpc) is 2.43. The summed E-state index contributed by atoms with van der Waals surface area (Å²) in [5.74, 6) is 2.28. The summed E-state index contributed by atoms with van der Waals surface area (Å²) in [5.41, 5.74) is 5.69. The van der Waals surface area contributed by atoms with Crippen LogP contribution in [0.15, 0.2) is 30.3 Å². The molecule has 5 heteroatoms. The second-order valence-electron chi connectivity index (χ2n) is 3.92. The summed E-state index contributed by atoms with van der Waals surface area (Å²) in [6.07, 6.45) is 0.634. The van der Waals surface area contributed by atoms with Crippen LogP contribution in [0.5, 0.6) is 5.75 Å². The van der Waals surface area contributed by atoms with Crippen molar-refractivity contribution in [2.45, 2.75) is 19.4 Å². The van der Waals surface area contributed by atoms with Crippen molar-refractivity contribution in [2.75, 3.05) is 24.7 Å². The Morgan fingerprint density at radius 3 is 2.74 bits per heavy atom. The molecule has 0 aromatic heterocycles. The maximum Gasteiger partial charge on any atom is 0.322 e. The van der Waals surface area contributed by atoms with Crippen LogP contribution < -0.4 is 10.5 Å². The lowest BCUT2D eigenvalue weighted by Crippen LogP contribution is -2.32. The first-order chi connectivity index (χ1) is 9.24. The minimum absolute atomic E-state index is 0.316. The lowest BCUT2D eigenvalue weighted by molar-refractivity contribution is -0.144. The lowest BCUT2D eigenvalue weighted by Gasteiger charge is -2.10. The van der Waals surface area contributed by atoms with Crippen LogP contribution in [0.2, 0.25) is 0 Å². The van der Waals surface area contributed by atoms with Gasteiger partial charge in [-0.1, -0.05) is 18.2 Å². The van der Waals surface area contributed by atoms with Gasteiger partial charge in [0.15, 0.2) is 0 Å². The summed E-state index contributed by atoms with van der Waals surface area (Å²) in [4.78, 5) is 11.3. The van der Waals surface area contributed by atoms with E-state index in [9.17, 15) is 4.79 Å². The molecular weight excluding hydrogens is 262 g/mol. The van der Waals surface area contributed by atoms with Crippen molar-refractivity contribution in [3.8, 4) is 5.75 Å². The third-order valence-electron chi connectivity index (χ3n) is 2.40. The van der Waals surface area contributed by atoms with Gasteiger partial charge in [-0.05, 0) is 31.2 Å². The average molecular weight is 283 g/mol. The van der Waals surface area contributed by atoms with Gasteiger partial charge in [0, 0.05) is 5.75 Å². The molecule has 0 heterocycles. The van der Waals surface area contributed by atoms with E-state index in [-0.39, 0.29) is 5.97 Å². The quantitative estimate of drug-likeness (QED) is 0.555. The van der Waals surface area contributed by atoms with Crippen molar-refractivity contribution in [3.05, 3.63) is 30.3 Å². The molecule has 0 aliphatic carbocycles. The van der Waals surface area contributed by atoms with Crippen LogP contribution >= 0.6 is 11.8 Å². The molecule has 2 N–H and O–H groups in total. The lowest BCUT2D eigenvalue weighted by atomic mass is 10.2. The molecule has 0 bridgehead atoms. The Labute approximate surface area is 118 Å². The van der Waals surface area contributed by atoms with E-state index in [0.717, 1.165) is 17.3 Å². The Morgan fingerprint density at radius 2 is 2.05 bits per heavy atom. The number of thioether (sulfide) groups is 1. The highest BCUT2D eigenvalue weighted by atomic mass is 32.2. The fourth-order valence-electron chi connectivity index (χ4n) is 1.41. The zero-order valence-corrected chi connectivity index (χ0v) is 12.0. The van der Waals surface area contributed by atoms with Gasteiger partial charge in [-0.2, -0.15) is 11.8 Å². The van der Waals surface area contributed by atoms with Crippen molar-refractivity contribution in [3.63, 3.8) is 0 Å². The number of rotatable bonds is 9. The maximum atomic E-state index is 11.3. The first kappa shape index (κ1) is 15.9. The number of hydrogen-bond acceptors (Lipinski definition) is 5. The van der Waals surface area contributed by atoms with Crippen LogP contribution in [0.3, 0.4) is 0 Å². The number of esters is 1. The fraction of sp³-hybridized carbons (Fsp3) is 0.500. The number of ether oxygens (including phenoxy) is 2. The molecule has 0 aliphatic rings. The zero-order chi connectivity index (χ0) is 13.9. The molecule has 0 spiro atoms. The van der Waals surface area contributed by atoms with E-state index in [1.165, 1.54) is 0 Å². The molecule has 0 aliphatic heterocycles. The Kier molecular flexibility index (Phi) is 8.09. The summed E-state index contributed by atoms with van der Waals surface area (Å²) >= 11 is 1.72. The second kappa shape index (κ2) is 9.69. The van der Waals surface area contributed by atoms with Crippen LogP contribution in [0.4, 0.5) is 0 Å². The van der Waals surface area contributed by atoms with Gasteiger partial charge in [-0.15, -0.1) is 0 Å². The van der Waals surface area contributed by atoms with Gasteiger partial charge in [0.1, 0.15) is 11.8 Å². The molecule has 1 aromatic carbocycles. The van der Waals surface area contributed by atoms with Gasteiger partial charge >= 0.3 is 5.97 Å². The molecule has 0 saturated heterocycles. The topological polar surface area (TPSA) is 61.5 Å². The molecule has 1 atom stereocenters. The van der Waals surface area contributed by atoms with Crippen molar-refractivity contribution < 1.29 is 14.3 Å². The van der Waals surface area contributed by atoms with Gasteiger partial charge in [-0.25, -0.2) is 0 Å². The third kappa shape index (κ3) is 7.08. The Hall–Kier alpha value is -1.20. The summed E-state index contributed by atoms with van der Waals surface area (Å²) < 4.78 is 10.4. The van der Waals surface area contributed by atoms with Gasteiger partial charge in [-0.3, -0.25) is 4.79 Å². The maximum absolute atomic E-state index is 11.3. The minimum Gasteiger partial charge on any atom is -0.493 e. The summed E-state index contributed by atoms with van der Waals surface area (Å²) in [6.45, 7) is 2.81. The number of hydrogen-bond donors (Lipinski definition) is 1. The molecule has 0 radical (unpaired) electrons. The molecule has 106 valence electrons. The Bertz CT molecular complexity index is 359. The van der Waals surface area contributed by atoms with Crippen molar-refractivity contribution in [2.24, 2.45) is 5.73 Å². The minimum atomic E-state index is -0.512. The highest BCUT2D eigenvalue weighted by Crippen LogP contribution is 2.10. The van der Waals surface area contributed by atoms with Crippen LogP contribution in [0, 0.1) is 0 Å². The van der Waals surface area contributed by atoms with Crippen LogP contribution in [0.25, 0.3) is 0 Å².